The molecule has 0 fully saturated rings. The summed E-state index contributed by atoms with van der Waals surface area (Å²) in [7, 11) is -2.17. The number of carbonyl (C=O) groups is 2. The lowest BCUT2D eigenvalue weighted by Crippen LogP contribution is -2.50. The molecule has 1 aliphatic rings. The Labute approximate surface area is 256 Å². The molecule has 0 aromatic heterocycles. The Hall–Kier alpha value is -3.47. The molecule has 1 atom stereocenters. The van der Waals surface area contributed by atoms with Gasteiger partial charge in [0.15, 0.2) is 11.5 Å². The molecule has 0 bridgehead atoms. The fraction of sp³-hybridized carbons (Fsp3) is 0.333. The molecule has 3 aromatic rings. The van der Waals surface area contributed by atoms with Crippen LogP contribution in [-0.2, 0) is 32.6 Å². The number of nitrogens with one attached hydrogen (secondary N) is 1. The van der Waals surface area contributed by atoms with Gasteiger partial charge in [-0.05, 0) is 36.2 Å². The number of rotatable bonds is 12. The van der Waals surface area contributed by atoms with Gasteiger partial charge in [-0.25, -0.2) is 8.42 Å². The van der Waals surface area contributed by atoms with Gasteiger partial charge in [0.25, 0.3) is 0 Å². The van der Waals surface area contributed by atoms with Gasteiger partial charge in [0.2, 0.25) is 21.8 Å². The zero-order valence-corrected chi connectivity index (χ0v) is 25.7. The molecule has 2 amide bonds. The van der Waals surface area contributed by atoms with Gasteiger partial charge in [0.1, 0.15) is 19.3 Å². The van der Waals surface area contributed by atoms with Crippen LogP contribution >= 0.6 is 23.2 Å². The maximum atomic E-state index is 13.8. The number of nitrogens with zero attached hydrogens (tertiary/aromatic N) is 2. The van der Waals surface area contributed by atoms with Gasteiger partial charge in [-0.15, -0.1) is 0 Å². The third kappa shape index (κ3) is 7.87. The molecule has 4 rings (SSSR count). The van der Waals surface area contributed by atoms with Crippen LogP contribution in [0, 0.1) is 0 Å². The van der Waals surface area contributed by atoms with Crippen molar-refractivity contribution in [3.8, 4) is 11.5 Å². The van der Waals surface area contributed by atoms with Crippen molar-refractivity contribution < 1.29 is 27.5 Å². The summed E-state index contributed by atoms with van der Waals surface area (Å²) in [6, 6.07) is 18.5. The van der Waals surface area contributed by atoms with E-state index in [9.17, 15) is 18.0 Å². The van der Waals surface area contributed by atoms with E-state index < -0.39 is 16.1 Å². The molecule has 1 aliphatic heterocycles. The highest BCUT2D eigenvalue weighted by atomic mass is 35.5. The minimum absolute atomic E-state index is 0.000210. The van der Waals surface area contributed by atoms with Crippen LogP contribution in [0.15, 0.2) is 66.7 Å². The van der Waals surface area contributed by atoms with E-state index in [-0.39, 0.29) is 44.2 Å². The predicted molar refractivity (Wildman–Crippen MR) is 164 cm³/mol. The number of amides is 2. The first-order chi connectivity index (χ1) is 20.1. The number of carbonyl (C=O) groups excluding carboxylic acids is 2. The second-order valence-corrected chi connectivity index (χ2v) is 12.5. The number of sulfonamides is 1. The number of fused-ring (bicyclic) bond motifs is 1. The molecule has 0 aliphatic carbocycles. The highest BCUT2D eigenvalue weighted by molar-refractivity contribution is 7.92. The third-order valence-electron chi connectivity index (χ3n) is 6.87. The Bertz CT molecular complexity index is 1500. The molecule has 12 heteroatoms. The van der Waals surface area contributed by atoms with Crippen LogP contribution in [0.25, 0.3) is 0 Å². The normalized spacial score (nSPS) is 13.2. The standard InChI is InChI=1S/C30H33Cl2N3O6S/c1-33-30(37)26(18-21-8-4-3-5-9-21)34(20-23-24(31)10-6-11-25(23)32)29(36)12-7-15-35(42(2,38)39)22-13-14-27-28(19-22)41-17-16-40-27/h3-6,8-11,13-14,19,26H,7,12,15-18,20H2,1-2H3,(H,33,37)/t26-/m0/s1. The summed E-state index contributed by atoms with van der Waals surface area (Å²) in [5, 5.41) is 3.41. The van der Waals surface area contributed by atoms with E-state index in [1.54, 1.807) is 36.4 Å². The molecule has 3 aromatic carbocycles. The summed E-state index contributed by atoms with van der Waals surface area (Å²) >= 11 is 12.9. The zero-order valence-electron chi connectivity index (χ0n) is 23.4. The Morgan fingerprint density at radius 2 is 1.62 bits per heavy atom. The lowest BCUT2D eigenvalue weighted by atomic mass is 10.0. The van der Waals surface area contributed by atoms with Crippen molar-refractivity contribution in [1.82, 2.24) is 10.2 Å². The fourth-order valence-electron chi connectivity index (χ4n) is 4.77. The first kappa shape index (κ1) is 31.5. The molecule has 0 saturated heterocycles. The number of hydrogen-bond donors (Lipinski definition) is 1. The lowest BCUT2D eigenvalue weighted by molar-refractivity contribution is -0.141. The van der Waals surface area contributed by atoms with Crippen LogP contribution in [0.1, 0.15) is 24.0 Å². The van der Waals surface area contributed by atoms with Crippen molar-refractivity contribution in [2.75, 3.05) is 37.4 Å². The van der Waals surface area contributed by atoms with Crippen molar-refractivity contribution in [3.63, 3.8) is 0 Å². The molecule has 0 radical (unpaired) electrons. The molecule has 0 saturated carbocycles. The molecule has 9 nitrogen and oxygen atoms in total. The summed E-state index contributed by atoms with van der Waals surface area (Å²) in [6.07, 6.45) is 1.54. The molecule has 42 heavy (non-hydrogen) atoms. The van der Waals surface area contributed by atoms with Gasteiger partial charge in [0.05, 0.1) is 11.9 Å². The third-order valence-corrected chi connectivity index (χ3v) is 8.78. The van der Waals surface area contributed by atoms with Gasteiger partial charge < -0.3 is 19.7 Å². The summed E-state index contributed by atoms with van der Waals surface area (Å²) in [6.45, 7) is 0.820. The van der Waals surface area contributed by atoms with Crippen LogP contribution in [0.4, 0.5) is 5.69 Å². The highest BCUT2D eigenvalue weighted by Crippen LogP contribution is 2.35. The highest BCUT2D eigenvalue weighted by Gasteiger charge is 2.31. The van der Waals surface area contributed by atoms with Crippen LogP contribution in [-0.4, -0.2) is 64.2 Å². The summed E-state index contributed by atoms with van der Waals surface area (Å²) in [4.78, 5) is 28.5. The van der Waals surface area contributed by atoms with Crippen LogP contribution < -0.4 is 19.1 Å². The maximum Gasteiger partial charge on any atom is 0.242 e. The Kier molecular flexibility index (Phi) is 10.6. The van der Waals surface area contributed by atoms with Gasteiger partial charge in [-0.2, -0.15) is 0 Å². The topological polar surface area (TPSA) is 105 Å². The average molecular weight is 635 g/mol. The minimum Gasteiger partial charge on any atom is -0.486 e. The van der Waals surface area contributed by atoms with E-state index in [0.717, 1.165) is 11.8 Å². The van der Waals surface area contributed by atoms with E-state index >= 15 is 0 Å². The van der Waals surface area contributed by atoms with E-state index in [1.807, 2.05) is 30.3 Å². The van der Waals surface area contributed by atoms with E-state index in [0.29, 0.717) is 46.0 Å². The van der Waals surface area contributed by atoms with Crippen molar-refractivity contribution in [3.05, 3.63) is 87.9 Å². The number of halogens is 2. The Morgan fingerprint density at radius 3 is 2.26 bits per heavy atom. The molecule has 1 N–H and O–H groups in total. The number of hydrogen-bond acceptors (Lipinski definition) is 6. The first-order valence-corrected chi connectivity index (χ1v) is 16.0. The second kappa shape index (κ2) is 14.1. The van der Waals surface area contributed by atoms with Gasteiger partial charge in [0, 0.05) is 54.7 Å². The van der Waals surface area contributed by atoms with Crippen molar-refractivity contribution >= 4 is 50.7 Å². The molecule has 0 spiro atoms. The minimum atomic E-state index is -3.68. The maximum absolute atomic E-state index is 13.8. The summed E-state index contributed by atoms with van der Waals surface area (Å²) in [5.41, 5.74) is 1.79. The number of ether oxygens (including phenoxy) is 2. The lowest BCUT2D eigenvalue weighted by Gasteiger charge is -2.32. The smallest absolute Gasteiger partial charge is 0.242 e. The van der Waals surface area contributed by atoms with Crippen LogP contribution in [0.5, 0.6) is 11.5 Å². The largest absolute Gasteiger partial charge is 0.486 e. The fourth-order valence-corrected chi connectivity index (χ4v) is 6.24. The quantitative estimate of drug-likeness (QED) is 0.310. The molecule has 0 unspecified atom stereocenters. The monoisotopic (exact) mass is 633 g/mol. The van der Waals surface area contributed by atoms with Crippen LogP contribution in [0.3, 0.4) is 0 Å². The first-order valence-electron chi connectivity index (χ1n) is 13.4. The van der Waals surface area contributed by atoms with Gasteiger partial charge >= 0.3 is 0 Å². The Balaban J connectivity index is 1.58. The summed E-state index contributed by atoms with van der Waals surface area (Å²) in [5.74, 6) is 0.317. The zero-order chi connectivity index (χ0) is 30.3. The SMILES string of the molecule is CNC(=O)[C@H](Cc1ccccc1)N(Cc1c(Cl)cccc1Cl)C(=O)CCCN(c1ccc2c(c1)OCCO2)S(C)(=O)=O. The molecular formula is C30H33Cl2N3O6S. The van der Waals surface area contributed by atoms with Crippen molar-refractivity contribution in [1.29, 1.82) is 0 Å². The van der Waals surface area contributed by atoms with Gasteiger partial charge in [-0.3, -0.25) is 13.9 Å². The van der Waals surface area contributed by atoms with Crippen molar-refractivity contribution in [2.45, 2.75) is 31.8 Å². The molecule has 224 valence electrons. The predicted octanol–water partition coefficient (Wildman–Crippen LogP) is 4.70. The van der Waals surface area contributed by atoms with Crippen LogP contribution in [0.2, 0.25) is 10.0 Å². The number of anilines is 1. The van der Waals surface area contributed by atoms with E-state index in [4.69, 9.17) is 32.7 Å². The van der Waals surface area contributed by atoms with Crippen molar-refractivity contribution in [2.24, 2.45) is 0 Å². The van der Waals surface area contributed by atoms with E-state index in [1.165, 1.54) is 16.3 Å². The number of benzene rings is 3. The Morgan fingerprint density at radius 1 is 0.952 bits per heavy atom. The van der Waals surface area contributed by atoms with Gasteiger partial charge in [-0.1, -0.05) is 59.6 Å². The second-order valence-electron chi connectivity index (χ2n) is 9.81. The average Bonchev–Trinajstić information content (AvgIpc) is 2.97. The van der Waals surface area contributed by atoms with E-state index in [2.05, 4.69) is 5.32 Å². The molecular weight excluding hydrogens is 601 g/mol. The number of likely N-dealkylation sites (N-methyl/N-ethyl adjacent to an activating group) is 1. The summed E-state index contributed by atoms with van der Waals surface area (Å²) < 4.78 is 37.9. The molecule has 1 heterocycles.